The molecule has 0 aliphatic rings. The van der Waals surface area contributed by atoms with Gasteiger partial charge in [-0.2, -0.15) is 0 Å². The number of rotatable bonds is 4. The first-order chi connectivity index (χ1) is 25.1. The summed E-state index contributed by atoms with van der Waals surface area (Å²) in [5.74, 6) is 0. The lowest BCUT2D eigenvalue weighted by atomic mass is 9.82. The summed E-state index contributed by atoms with van der Waals surface area (Å²) < 4.78 is 22.8. The van der Waals surface area contributed by atoms with E-state index in [1.165, 1.54) is 43.8 Å². The molecule has 0 spiro atoms. The average Bonchev–Trinajstić information content (AvgIpc) is 3.57. The van der Waals surface area contributed by atoms with Crippen molar-refractivity contribution in [3.8, 4) is 44.5 Å². The summed E-state index contributed by atoms with van der Waals surface area (Å²) in [5, 5.41) is 9.11. The predicted octanol–water partition coefficient (Wildman–Crippen LogP) is 13.7. The molecule has 0 N–H and O–H groups in total. The molecule has 0 fully saturated rings. The standard InChI is InChI=1S/C48H30O/c1-2-15-32(16-3-1)36-28-29-43(47-42-24-12-13-25-44(42)49-48(36)47)46-40-22-10-8-20-38(40)45(39-21-9-11-23-41(39)46)37-19-7-6-18-35(37)34-27-26-31-14-4-5-17-33(31)30-34/h1-30H/i1D,4D. The maximum absolute atomic E-state index is 8.09. The van der Waals surface area contributed by atoms with Crippen LogP contribution in [0.2, 0.25) is 0 Å². The van der Waals surface area contributed by atoms with E-state index in [1.54, 1.807) is 0 Å². The molecule has 0 saturated heterocycles. The number of hydrogen-bond acceptors (Lipinski definition) is 1. The van der Waals surface area contributed by atoms with Gasteiger partial charge in [-0.05, 0) is 89.5 Å². The molecule has 10 rings (SSSR count). The van der Waals surface area contributed by atoms with E-state index in [1.807, 2.05) is 54.6 Å². The highest BCUT2D eigenvalue weighted by atomic mass is 16.3. The van der Waals surface area contributed by atoms with Crippen molar-refractivity contribution in [1.82, 2.24) is 0 Å². The lowest BCUT2D eigenvalue weighted by Crippen LogP contribution is -1.93. The molecule has 0 radical (unpaired) electrons. The molecule has 1 nitrogen and oxygen atoms in total. The Bertz CT molecular complexity index is 2930. The fraction of sp³-hybridized carbons (Fsp3) is 0. The van der Waals surface area contributed by atoms with E-state index >= 15 is 0 Å². The zero-order valence-electron chi connectivity index (χ0n) is 28.6. The van der Waals surface area contributed by atoms with Gasteiger partial charge in [0.25, 0.3) is 0 Å². The first kappa shape index (κ1) is 25.6. The first-order valence-electron chi connectivity index (χ1n) is 17.7. The molecular formula is C48H30O. The third-order valence-electron chi connectivity index (χ3n) is 9.95. The van der Waals surface area contributed by atoms with Gasteiger partial charge >= 0.3 is 0 Å². The molecule has 0 amide bonds. The second kappa shape index (κ2) is 11.1. The van der Waals surface area contributed by atoms with Crippen LogP contribution in [0.15, 0.2) is 186 Å². The Kier molecular flexibility index (Phi) is 5.79. The van der Waals surface area contributed by atoms with Crippen molar-refractivity contribution in [3.63, 3.8) is 0 Å². The normalized spacial score (nSPS) is 12.2. The summed E-state index contributed by atoms with van der Waals surface area (Å²) in [6, 6.07) is 60.1. The molecule has 0 unspecified atom stereocenters. The van der Waals surface area contributed by atoms with Crippen LogP contribution >= 0.6 is 0 Å². The Labute approximate surface area is 287 Å². The van der Waals surface area contributed by atoms with Crippen LogP contribution in [0.3, 0.4) is 0 Å². The predicted molar refractivity (Wildman–Crippen MR) is 208 cm³/mol. The van der Waals surface area contributed by atoms with Crippen molar-refractivity contribution >= 4 is 54.3 Å². The Hall–Kier alpha value is -6.44. The summed E-state index contributed by atoms with van der Waals surface area (Å²) >= 11 is 0. The smallest absolute Gasteiger partial charge is 0.143 e. The van der Waals surface area contributed by atoms with Crippen molar-refractivity contribution in [2.24, 2.45) is 0 Å². The lowest BCUT2D eigenvalue weighted by Gasteiger charge is -2.20. The van der Waals surface area contributed by atoms with E-state index in [4.69, 9.17) is 7.16 Å². The molecule has 0 bridgehead atoms. The van der Waals surface area contributed by atoms with Crippen LogP contribution < -0.4 is 0 Å². The zero-order chi connectivity index (χ0) is 34.1. The van der Waals surface area contributed by atoms with E-state index in [0.29, 0.717) is 12.1 Å². The molecule has 1 heterocycles. The molecule has 1 aromatic heterocycles. The molecule has 49 heavy (non-hydrogen) atoms. The Morgan fingerprint density at radius 2 is 0.959 bits per heavy atom. The minimum absolute atomic E-state index is 0.485. The van der Waals surface area contributed by atoms with Gasteiger partial charge in [-0.25, -0.2) is 0 Å². The summed E-state index contributed by atoms with van der Waals surface area (Å²) in [6.07, 6.45) is 0. The number of hydrogen-bond donors (Lipinski definition) is 0. The summed E-state index contributed by atoms with van der Waals surface area (Å²) in [7, 11) is 0. The minimum Gasteiger partial charge on any atom is -0.455 e. The molecule has 0 aliphatic carbocycles. The van der Waals surface area contributed by atoms with Crippen LogP contribution in [0.4, 0.5) is 0 Å². The van der Waals surface area contributed by atoms with Crippen LogP contribution in [-0.2, 0) is 0 Å². The van der Waals surface area contributed by atoms with Crippen molar-refractivity contribution < 1.29 is 7.16 Å². The average molecular weight is 625 g/mol. The molecule has 9 aromatic carbocycles. The first-order valence-corrected chi connectivity index (χ1v) is 16.7. The number of benzene rings is 9. The van der Waals surface area contributed by atoms with Gasteiger partial charge in [-0.3, -0.25) is 0 Å². The largest absolute Gasteiger partial charge is 0.455 e. The van der Waals surface area contributed by atoms with Crippen LogP contribution in [0.5, 0.6) is 0 Å². The quantitative estimate of drug-likeness (QED) is 0.178. The van der Waals surface area contributed by atoms with Crippen molar-refractivity contribution in [2.75, 3.05) is 0 Å². The third kappa shape index (κ3) is 4.33. The molecule has 228 valence electrons. The van der Waals surface area contributed by atoms with Gasteiger partial charge < -0.3 is 4.42 Å². The molecule has 10 aromatic rings. The van der Waals surface area contributed by atoms with Crippen molar-refractivity contribution in [2.45, 2.75) is 0 Å². The second-order valence-electron chi connectivity index (χ2n) is 12.6. The fourth-order valence-corrected chi connectivity index (χ4v) is 7.79. The van der Waals surface area contributed by atoms with Crippen molar-refractivity contribution in [3.05, 3.63) is 182 Å². The Morgan fingerprint density at radius 3 is 1.69 bits per heavy atom. The van der Waals surface area contributed by atoms with Crippen LogP contribution in [0, 0.1) is 0 Å². The van der Waals surface area contributed by atoms with Gasteiger partial charge in [0.05, 0.1) is 2.74 Å². The van der Waals surface area contributed by atoms with Gasteiger partial charge in [0.15, 0.2) is 0 Å². The van der Waals surface area contributed by atoms with E-state index in [2.05, 4.69) is 115 Å². The summed E-state index contributed by atoms with van der Waals surface area (Å²) in [5.41, 5.74) is 10.8. The van der Waals surface area contributed by atoms with E-state index in [0.717, 1.165) is 55.0 Å². The maximum atomic E-state index is 8.09. The van der Waals surface area contributed by atoms with Gasteiger partial charge in [-0.1, -0.05) is 164 Å². The topological polar surface area (TPSA) is 13.1 Å². The fourth-order valence-electron chi connectivity index (χ4n) is 7.79. The highest BCUT2D eigenvalue weighted by Crippen LogP contribution is 2.49. The third-order valence-corrected chi connectivity index (χ3v) is 9.95. The highest BCUT2D eigenvalue weighted by Gasteiger charge is 2.23. The summed E-state index contributed by atoms with van der Waals surface area (Å²) in [6.45, 7) is 0. The Balaban J connectivity index is 1.29. The zero-order valence-corrected chi connectivity index (χ0v) is 26.6. The molecule has 0 saturated carbocycles. The number of fused-ring (bicyclic) bond motifs is 6. The number of furan rings is 1. The van der Waals surface area contributed by atoms with E-state index in [-0.39, 0.29) is 0 Å². The van der Waals surface area contributed by atoms with E-state index in [9.17, 15) is 0 Å². The Morgan fingerprint density at radius 1 is 0.367 bits per heavy atom. The van der Waals surface area contributed by atoms with Gasteiger partial charge in [0.1, 0.15) is 11.2 Å². The second-order valence-corrected chi connectivity index (χ2v) is 12.6. The van der Waals surface area contributed by atoms with Crippen LogP contribution in [0.25, 0.3) is 98.8 Å². The minimum atomic E-state index is 0.485. The van der Waals surface area contributed by atoms with Gasteiger partial charge in [-0.15, -0.1) is 0 Å². The molecule has 0 aliphatic heterocycles. The highest BCUT2D eigenvalue weighted by molar-refractivity contribution is 6.27. The number of para-hydroxylation sites is 1. The molecule has 1 heteroatoms. The van der Waals surface area contributed by atoms with Crippen LogP contribution in [0.1, 0.15) is 2.74 Å². The molecule has 0 atom stereocenters. The monoisotopic (exact) mass is 624 g/mol. The lowest BCUT2D eigenvalue weighted by molar-refractivity contribution is 0.670. The van der Waals surface area contributed by atoms with Crippen molar-refractivity contribution in [1.29, 1.82) is 0 Å². The SMILES string of the molecule is [2H]c1ccc(-c2ccc(-c3c4ccccc4c(-c4ccccc4-c4ccc5cc([2H])ccc5c4)c4ccccc34)c3c2oc2ccccc23)cc1. The van der Waals surface area contributed by atoms with Gasteiger partial charge in [0.2, 0.25) is 0 Å². The summed E-state index contributed by atoms with van der Waals surface area (Å²) in [4.78, 5) is 0. The van der Waals surface area contributed by atoms with E-state index < -0.39 is 0 Å². The van der Waals surface area contributed by atoms with Gasteiger partial charge in [0, 0.05) is 16.3 Å². The maximum Gasteiger partial charge on any atom is 0.143 e. The van der Waals surface area contributed by atoms with Crippen LogP contribution in [-0.4, -0.2) is 0 Å². The molecular weight excluding hydrogens is 593 g/mol.